The number of azo groups is 1. The second-order valence-electron chi connectivity index (χ2n) is 5.05. The van der Waals surface area contributed by atoms with Crippen LogP contribution in [0.2, 0.25) is 0 Å². The summed E-state index contributed by atoms with van der Waals surface area (Å²) < 4.78 is 49.0. The molecule has 0 spiro atoms. The van der Waals surface area contributed by atoms with Gasteiger partial charge < -0.3 is 20.3 Å². The van der Waals surface area contributed by atoms with Gasteiger partial charge in [-0.25, -0.2) is 4.79 Å². The van der Waals surface area contributed by atoms with Crippen LogP contribution in [0, 0.1) is 0 Å². The van der Waals surface area contributed by atoms with Crippen LogP contribution >= 0.6 is 0 Å². The first-order valence-electron chi connectivity index (χ1n) is 7.04. The topological polar surface area (TPSA) is 107 Å². The van der Waals surface area contributed by atoms with Crippen molar-refractivity contribution in [2.75, 3.05) is 20.0 Å². The first-order valence-corrected chi connectivity index (χ1v) is 7.04. The molecule has 0 amide bonds. The predicted molar refractivity (Wildman–Crippen MR) is 86.5 cm³/mol. The number of carboxylic acids is 1. The van der Waals surface area contributed by atoms with E-state index in [0.717, 1.165) is 6.07 Å². The van der Waals surface area contributed by atoms with E-state index in [-0.39, 0.29) is 22.9 Å². The number of hydrogen-bond donors (Lipinski definition) is 2. The monoisotopic (exact) mass is 369 g/mol. The summed E-state index contributed by atoms with van der Waals surface area (Å²) in [4.78, 5) is 11.1. The van der Waals surface area contributed by atoms with Crippen LogP contribution in [-0.4, -0.2) is 25.3 Å². The van der Waals surface area contributed by atoms with Gasteiger partial charge in [0.1, 0.15) is 0 Å². The van der Waals surface area contributed by atoms with Crippen LogP contribution < -0.4 is 15.2 Å². The third-order valence-electron chi connectivity index (χ3n) is 3.26. The average Bonchev–Trinajstić information content (AvgIpc) is 2.58. The van der Waals surface area contributed by atoms with Crippen molar-refractivity contribution >= 4 is 23.0 Å². The number of nitrogens with two attached hydrogens (primary N) is 1. The van der Waals surface area contributed by atoms with E-state index in [1.165, 1.54) is 26.4 Å². The lowest BCUT2D eigenvalue weighted by Gasteiger charge is -2.10. The molecule has 26 heavy (non-hydrogen) atoms. The van der Waals surface area contributed by atoms with Gasteiger partial charge in [-0.3, -0.25) is 0 Å². The first kappa shape index (κ1) is 19.0. The molecule has 0 unspecified atom stereocenters. The Morgan fingerprint density at radius 1 is 1.04 bits per heavy atom. The van der Waals surface area contributed by atoms with E-state index >= 15 is 0 Å². The Kier molecular flexibility index (Phi) is 5.34. The molecule has 7 nitrogen and oxygen atoms in total. The maximum atomic E-state index is 12.9. The number of hydrogen-bond acceptors (Lipinski definition) is 6. The molecule has 0 radical (unpaired) electrons. The number of alkyl halides is 3. The zero-order chi connectivity index (χ0) is 19.5. The van der Waals surface area contributed by atoms with Crippen molar-refractivity contribution in [3.05, 3.63) is 41.5 Å². The SMILES string of the molecule is COc1cc(N)cc(OC)c1N=Nc1cc(C(=O)O)cc(C(F)(F)F)c1. The lowest BCUT2D eigenvalue weighted by molar-refractivity contribution is -0.137. The highest BCUT2D eigenvalue weighted by Gasteiger charge is 2.32. The van der Waals surface area contributed by atoms with Crippen LogP contribution in [0.15, 0.2) is 40.6 Å². The summed E-state index contributed by atoms with van der Waals surface area (Å²) in [5.41, 5.74) is 4.10. The first-order chi connectivity index (χ1) is 12.2. The van der Waals surface area contributed by atoms with Gasteiger partial charge in [0.15, 0.2) is 17.2 Å². The summed E-state index contributed by atoms with van der Waals surface area (Å²) in [6.07, 6.45) is -4.73. The molecule has 0 bridgehead atoms. The van der Waals surface area contributed by atoms with Crippen molar-refractivity contribution in [1.82, 2.24) is 0 Å². The number of carboxylic acid groups (broad SMARTS) is 1. The highest BCUT2D eigenvalue weighted by Crippen LogP contribution is 2.41. The predicted octanol–water partition coefficient (Wildman–Crippen LogP) is 4.42. The van der Waals surface area contributed by atoms with Crippen molar-refractivity contribution in [2.24, 2.45) is 10.2 Å². The number of anilines is 1. The molecule has 0 saturated heterocycles. The number of nitrogen functional groups attached to an aromatic ring is 1. The molecule has 0 aromatic heterocycles. The van der Waals surface area contributed by atoms with E-state index in [1.807, 2.05) is 0 Å². The summed E-state index contributed by atoms with van der Waals surface area (Å²) in [6.45, 7) is 0. The van der Waals surface area contributed by atoms with Crippen LogP contribution in [0.1, 0.15) is 15.9 Å². The number of aromatic carboxylic acids is 1. The van der Waals surface area contributed by atoms with E-state index in [1.54, 1.807) is 0 Å². The Morgan fingerprint density at radius 3 is 2.08 bits per heavy atom. The number of carbonyl (C=O) groups is 1. The lowest BCUT2D eigenvalue weighted by atomic mass is 10.1. The van der Waals surface area contributed by atoms with E-state index in [9.17, 15) is 18.0 Å². The fraction of sp³-hybridized carbons (Fsp3) is 0.188. The minimum Gasteiger partial charge on any atom is -0.494 e. The van der Waals surface area contributed by atoms with Crippen LogP contribution in [0.25, 0.3) is 0 Å². The van der Waals surface area contributed by atoms with Gasteiger partial charge in [0, 0.05) is 17.8 Å². The molecule has 2 aromatic carbocycles. The Hall–Kier alpha value is -3.30. The lowest BCUT2D eigenvalue weighted by Crippen LogP contribution is -2.07. The minimum atomic E-state index is -4.73. The van der Waals surface area contributed by atoms with Gasteiger partial charge in [0.25, 0.3) is 0 Å². The second kappa shape index (κ2) is 7.30. The second-order valence-corrected chi connectivity index (χ2v) is 5.05. The molecule has 0 heterocycles. The fourth-order valence-corrected chi connectivity index (χ4v) is 2.08. The Balaban J connectivity index is 2.55. The summed E-state index contributed by atoms with van der Waals surface area (Å²) in [5.74, 6) is -1.14. The maximum Gasteiger partial charge on any atom is 0.416 e. The van der Waals surface area contributed by atoms with Crippen molar-refractivity contribution < 1.29 is 32.5 Å². The zero-order valence-electron chi connectivity index (χ0n) is 13.7. The van der Waals surface area contributed by atoms with E-state index in [0.29, 0.717) is 17.8 Å². The van der Waals surface area contributed by atoms with Crippen LogP contribution in [0.3, 0.4) is 0 Å². The molecule has 3 N–H and O–H groups in total. The van der Waals surface area contributed by atoms with Gasteiger partial charge in [0.2, 0.25) is 0 Å². The number of benzene rings is 2. The van der Waals surface area contributed by atoms with E-state index < -0.39 is 23.3 Å². The third kappa shape index (κ3) is 4.21. The fourth-order valence-electron chi connectivity index (χ4n) is 2.08. The number of methoxy groups -OCH3 is 2. The van der Waals surface area contributed by atoms with Crippen molar-refractivity contribution in [3.8, 4) is 11.5 Å². The Morgan fingerprint density at radius 2 is 1.62 bits per heavy atom. The Labute approximate surface area is 145 Å². The molecule has 0 fully saturated rings. The van der Waals surface area contributed by atoms with Gasteiger partial charge in [-0.15, -0.1) is 5.11 Å². The molecular weight excluding hydrogens is 355 g/mol. The van der Waals surface area contributed by atoms with Crippen molar-refractivity contribution in [2.45, 2.75) is 6.18 Å². The van der Waals surface area contributed by atoms with E-state index in [2.05, 4.69) is 10.2 Å². The average molecular weight is 369 g/mol. The van der Waals surface area contributed by atoms with E-state index in [4.69, 9.17) is 20.3 Å². The van der Waals surface area contributed by atoms with Gasteiger partial charge in [-0.1, -0.05) is 0 Å². The summed E-state index contributed by atoms with van der Waals surface area (Å²) >= 11 is 0. The quantitative estimate of drug-likeness (QED) is 0.599. The van der Waals surface area contributed by atoms with Gasteiger partial charge in [0.05, 0.1) is 31.0 Å². The molecule has 0 atom stereocenters. The summed E-state index contributed by atoms with van der Waals surface area (Å²) in [5, 5.41) is 16.5. The smallest absolute Gasteiger partial charge is 0.416 e. The summed E-state index contributed by atoms with van der Waals surface area (Å²) in [6, 6.07) is 5.05. The molecular formula is C16H14F3N3O4. The highest BCUT2D eigenvalue weighted by atomic mass is 19.4. The highest BCUT2D eigenvalue weighted by molar-refractivity contribution is 5.89. The summed E-state index contributed by atoms with van der Waals surface area (Å²) in [7, 11) is 2.69. The molecule has 2 rings (SSSR count). The molecule has 10 heteroatoms. The Bertz CT molecular complexity index is 841. The molecule has 2 aromatic rings. The zero-order valence-corrected chi connectivity index (χ0v) is 13.7. The number of nitrogens with zero attached hydrogens (tertiary/aromatic N) is 2. The van der Waals surface area contributed by atoms with Gasteiger partial charge in [-0.2, -0.15) is 18.3 Å². The maximum absolute atomic E-state index is 12.9. The molecule has 0 saturated carbocycles. The molecule has 0 aliphatic heterocycles. The van der Waals surface area contributed by atoms with Crippen molar-refractivity contribution in [3.63, 3.8) is 0 Å². The van der Waals surface area contributed by atoms with Crippen LogP contribution in [0.4, 0.5) is 30.2 Å². The normalized spacial score (nSPS) is 11.6. The van der Waals surface area contributed by atoms with Gasteiger partial charge in [-0.05, 0) is 18.2 Å². The largest absolute Gasteiger partial charge is 0.494 e. The molecule has 138 valence electrons. The standard InChI is InChI=1S/C16H14F3N3O4/c1-25-12-6-10(20)7-13(26-2)14(12)22-21-11-4-8(15(23)24)3-9(5-11)16(17,18)19/h3-7H,20H2,1-2H3,(H,23,24). The van der Waals surface area contributed by atoms with Crippen LogP contribution in [-0.2, 0) is 6.18 Å². The number of rotatable bonds is 5. The number of ether oxygens (including phenoxy) is 2. The molecule has 0 aliphatic rings. The number of halogens is 3. The minimum absolute atomic E-state index is 0.0958. The van der Waals surface area contributed by atoms with Crippen molar-refractivity contribution in [1.29, 1.82) is 0 Å². The van der Waals surface area contributed by atoms with Crippen LogP contribution in [0.5, 0.6) is 11.5 Å². The molecule has 0 aliphatic carbocycles. The third-order valence-corrected chi connectivity index (χ3v) is 3.26. The van der Waals surface area contributed by atoms with Gasteiger partial charge >= 0.3 is 12.1 Å².